The molecule has 0 fully saturated rings. The molecule has 2 aromatic rings. The van der Waals surface area contributed by atoms with Crippen LogP contribution in [0.4, 0.5) is 4.39 Å². The third-order valence-electron chi connectivity index (χ3n) is 3.58. The molecule has 0 spiro atoms. The molecule has 1 aromatic heterocycles. The number of rotatable bonds is 4. The number of aromatic nitrogens is 1. The van der Waals surface area contributed by atoms with Crippen LogP contribution >= 0.6 is 11.3 Å². The van der Waals surface area contributed by atoms with Gasteiger partial charge in [-0.2, -0.15) is 0 Å². The summed E-state index contributed by atoms with van der Waals surface area (Å²) < 4.78 is 18.8. The van der Waals surface area contributed by atoms with E-state index in [1.54, 1.807) is 31.5 Å². The Hall–Kier alpha value is -2.54. The number of aliphatic imine (C=N–C) groups is 1. The molecule has 0 aliphatic carbocycles. The Morgan fingerprint density at radius 1 is 1.46 bits per heavy atom. The largest absolute Gasteiger partial charge is 0.463 e. The molecule has 3 rings (SSSR count). The van der Waals surface area contributed by atoms with E-state index in [9.17, 15) is 9.18 Å². The van der Waals surface area contributed by atoms with E-state index in [0.717, 1.165) is 0 Å². The summed E-state index contributed by atoms with van der Waals surface area (Å²) in [6, 6.07) is 5.44. The van der Waals surface area contributed by atoms with Crippen LogP contribution in [0.2, 0.25) is 0 Å². The van der Waals surface area contributed by atoms with E-state index in [0.29, 0.717) is 28.4 Å². The number of allylic oxidation sites excluding steroid dienone is 1. The predicted molar refractivity (Wildman–Crippen MR) is 90.3 cm³/mol. The summed E-state index contributed by atoms with van der Waals surface area (Å²) in [6.07, 6.45) is 0. The van der Waals surface area contributed by atoms with Gasteiger partial charge in [0.15, 0.2) is 5.84 Å². The van der Waals surface area contributed by atoms with Gasteiger partial charge in [-0.25, -0.2) is 14.2 Å². The smallest absolute Gasteiger partial charge is 0.338 e. The molecule has 24 heavy (non-hydrogen) atoms. The molecule has 1 aromatic carbocycles. The molecule has 0 amide bonds. The summed E-state index contributed by atoms with van der Waals surface area (Å²) in [5.74, 6) is -0.286. The number of nitrogens with zero attached hydrogens (tertiary/aromatic N) is 2. The van der Waals surface area contributed by atoms with Crippen LogP contribution in [0.3, 0.4) is 0 Å². The highest BCUT2D eigenvalue weighted by molar-refractivity contribution is 7.07. The number of carbonyl (C=O) groups excluding carboxylic acids is 1. The van der Waals surface area contributed by atoms with Gasteiger partial charge >= 0.3 is 5.97 Å². The Morgan fingerprint density at radius 3 is 2.96 bits per heavy atom. The van der Waals surface area contributed by atoms with Crippen LogP contribution in [-0.4, -0.2) is 23.4 Å². The van der Waals surface area contributed by atoms with Crippen molar-refractivity contribution >= 4 is 23.1 Å². The predicted octanol–water partition coefficient (Wildman–Crippen LogP) is 3.21. The van der Waals surface area contributed by atoms with Gasteiger partial charge in [-0.15, -0.1) is 11.3 Å². The molecule has 1 N–H and O–H groups in total. The molecular weight excluding hydrogens is 329 g/mol. The Kier molecular flexibility index (Phi) is 4.71. The SMILES string of the molecule is CCOC(=O)C1=C(C)NC(c2cscn2)=N[C@@H]1c1cccc(F)c1. The zero-order valence-electron chi connectivity index (χ0n) is 13.2. The van der Waals surface area contributed by atoms with E-state index in [-0.39, 0.29) is 12.4 Å². The molecule has 7 heteroatoms. The maximum absolute atomic E-state index is 13.7. The van der Waals surface area contributed by atoms with Gasteiger partial charge in [0.2, 0.25) is 0 Å². The van der Waals surface area contributed by atoms with Crippen molar-refractivity contribution in [3.63, 3.8) is 0 Å². The Balaban J connectivity index is 2.08. The van der Waals surface area contributed by atoms with Gasteiger partial charge in [0.25, 0.3) is 0 Å². The van der Waals surface area contributed by atoms with Crippen molar-refractivity contribution in [2.45, 2.75) is 19.9 Å². The Labute approximate surface area is 142 Å². The summed E-state index contributed by atoms with van der Waals surface area (Å²) in [4.78, 5) is 21.2. The van der Waals surface area contributed by atoms with E-state index in [4.69, 9.17) is 4.74 Å². The zero-order valence-corrected chi connectivity index (χ0v) is 14.1. The van der Waals surface area contributed by atoms with Gasteiger partial charge in [0.1, 0.15) is 17.6 Å². The van der Waals surface area contributed by atoms with Crippen LogP contribution in [0, 0.1) is 5.82 Å². The lowest BCUT2D eigenvalue weighted by atomic mass is 9.96. The van der Waals surface area contributed by atoms with E-state index >= 15 is 0 Å². The van der Waals surface area contributed by atoms with E-state index in [1.165, 1.54) is 23.5 Å². The second-order valence-electron chi connectivity index (χ2n) is 5.19. The highest BCUT2D eigenvalue weighted by Crippen LogP contribution is 2.32. The highest BCUT2D eigenvalue weighted by Gasteiger charge is 2.31. The lowest BCUT2D eigenvalue weighted by molar-refractivity contribution is -0.138. The molecule has 1 aliphatic heterocycles. The van der Waals surface area contributed by atoms with Gasteiger partial charge in [-0.1, -0.05) is 12.1 Å². The number of benzene rings is 1. The topological polar surface area (TPSA) is 63.6 Å². The first kappa shape index (κ1) is 16.3. The molecule has 0 radical (unpaired) electrons. The number of amidine groups is 1. The van der Waals surface area contributed by atoms with E-state index in [2.05, 4.69) is 15.3 Å². The number of hydrogen-bond donors (Lipinski definition) is 1. The Bertz CT molecular complexity index is 815. The summed E-state index contributed by atoms with van der Waals surface area (Å²) >= 11 is 1.45. The quantitative estimate of drug-likeness (QED) is 0.864. The summed E-state index contributed by atoms with van der Waals surface area (Å²) in [7, 11) is 0. The molecule has 0 saturated carbocycles. The van der Waals surface area contributed by atoms with Gasteiger partial charge in [0.05, 0.1) is 17.7 Å². The normalized spacial score (nSPS) is 17.3. The van der Waals surface area contributed by atoms with Crippen molar-refractivity contribution in [2.75, 3.05) is 6.61 Å². The van der Waals surface area contributed by atoms with Crippen molar-refractivity contribution in [1.82, 2.24) is 10.3 Å². The second kappa shape index (κ2) is 6.92. The van der Waals surface area contributed by atoms with Crippen LogP contribution in [0.5, 0.6) is 0 Å². The summed E-state index contributed by atoms with van der Waals surface area (Å²) in [6.45, 7) is 3.78. The number of esters is 1. The number of ether oxygens (including phenoxy) is 1. The molecule has 2 heterocycles. The molecule has 1 aliphatic rings. The van der Waals surface area contributed by atoms with Crippen molar-refractivity contribution in [2.24, 2.45) is 4.99 Å². The van der Waals surface area contributed by atoms with Crippen LogP contribution in [-0.2, 0) is 9.53 Å². The van der Waals surface area contributed by atoms with Crippen LogP contribution in [0.15, 0.2) is 51.4 Å². The van der Waals surface area contributed by atoms with Gasteiger partial charge in [-0.05, 0) is 31.5 Å². The maximum atomic E-state index is 13.7. The number of nitrogens with one attached hydrogen (secondary N) is 1. The van der Waals surface area contributed by atoms with Crippen LogP contribution in [0.25, 0.3) is 0 Å². The summed E-state index contributed by atoms with van der Waals surface area (Å²) in [5.41, 5.74) is 3.98. The fraction of sp³-hybridized carbons (Fsp3) is 0.235. The zero-order chi connectivity index (χ0) is 17.1. The minimum Gasteiger partial charge on any atom is -0.463 e. The minimum absolute atomic E-state index is 0.258. The molecule has 1 atom stereocenters. The van der Waals surface area contributed by atoms with Crippen molar-refractivity contribution in [1.29, 1.82) is 0 Å². The van der Waals surface area contributed by atoms with Crippen molar-refractivity contribution in [3.05, 3.63) is 63.5 Å². The first-order chi connectivity index (χ1) is 11.6. The lowest BCUT2D eigenvalue weighted by Gasteiger charge is -2.25. The first-order valence-corrected chi connectivity index (χ1v) is 8.41. The molecule has 0 bridgehead atoms. The monoisotopic (exact) mass is 345 g/mol. The maximum Gasteiger partial charge on any atom is 0.338 e. The highest BCUT2D eigenvalue weighted by atomic mass is 32.1. The van der Waals surface area contributed by atoms with Gasteiger partial charge in [-0.3, -0.25) is 4.99 Å². The fourth-order valence-electron chi connectivity index (χ4n) is 2.53. The molecule has 0 saturated heterocycles. The number of hydrogen-bond acceptors (Lipinski definition) is 6. The molecule has 124 valence electrons. The average Bonchev–Trinajstić information content (AvgIpc) is 3.08. The van der Waals surface area contributed by atoms with E-state index in [1.807, 2.05) is 5.38 Å². The van der Waals surface area contributed by atoms with Crippen LogP contribution in [0.1, 0.15) is 31.1 Å². The summed E-state index contributed by atoms with van der Waals surface area (Å²) in [5, 5.41) is 4.96. The first-order valence-electron chi connectivity index (χ1n) is 7.47. The molecule has 5 nitrogen and oxygen atoms in total. The average molecular weight is 345 g/mol. The van der Waals surface area contributed by atoms with Gasteiger partial charge in [0, 0.05) is 11.1 Å². The third-order valence-corrected chi connectivity index (χ3v) is 4.16. The molecule has 0 unspecified atom stereocenters. The minimum atomic E-state index is -0.641. The standard InChI is InChI=1S/C17H16FN3O2S/c1-3-23-17(22)14-10(2)20-16(13-8-24-9-19-13)21-15(14)11-5-4-6-12(18)7-11/h4-9,15H,3H2,1-2H3,(H,20,21)/t15-/m1/s1. The number of carbonyl (C=O) groups is 1. The van der Waals surface area contributed by atoms with Crippen LogP contribution < -0.4 is 5.32 Å². The Morgan fingerprint density at radius 2 is 2.29 bits per heavy atom. The van der Waals surface area contributed by atoms with E-state index < -0.39 is 12.0 Å². The number of thiazole rings is 1. The number of halogens is 1. The van der Waals surface area contributed by atoms with Crippen molar-refractivity contribution in [3.8, 4) is 0 Å². The second-order valence-corrected chi connectivity index (χ2v) is 5.91. The molecular formula is C17H16FN3O2S. The van der Waals surface area contributed by atoms with Crippen molar-refractivity contribution < 1.29 is 13.9 Å². The third kappa shape index (κ3) is 3.21. The fourth-order valence-corrected chi connectivity index (χ4v) is 3.06. The van der Waals surface area contributed by atoms with Gasteiger partial charge < -0.3 is 10.1 Å². The lowest BCUT2D eigenvalue weighted by Crippen LogP contribution is -2.33.